The van der Waals surface area contributed by atoms with E-state index in [2.05, 4.69) is 14.6 Å². The molecule has 0 saturated carbocycles. The van der Waals surface area contributed by atoms with Gasteiger partial charge in [0.25, 0.3) is 0 Å². The van der Waals surface area contributed by atoms with Crippen molar-refractivity contribution < 1.29 is 4.74 Å². The van der Waals surface area contributed by atoms with Crippen LogP contribution in [-0.2, 0) is 6.61 Å². The minimum atomic E-state index is 0.447. The number of hydrogen-bond donors (Lipinski definition) is 0. The van der Waals surface area contributed by atoms with E-state index in [1.165, 1.54) is 11.5 Å². The molecular formula is C8H7N3OS. The topological polar surface area (TPSA) is 47.9 Å². The van der Waals surface area contributed by atoms with Crippen molar-refractivity contribution in [3.63, 3.8) is 0 Å². The molecule has 2 aromatic heterocycles. The highest BCUT2D eigenvalue weighted by Gasteiger charge is 1.97. The van der Waals surface area contributed by atoms with Crippen LogP contribution >= 0.6 is 11.5 Å². The summed E-state index contributed by atoms with van der Waals surface area (Å²) in [5, 5.41) is 5.71. The first kappa shape index (κ1) is 8.12. The van der Waals surface area contributed by atoms with Gasteiger partial charge in [-0.3, -0.25) is 4.98 Å². The quantitative estimate of drug-likeness (QED) is 0.741. The van der Waals surface area contributed by atoms with Gasteiger partial charge in [-0.2, -0.15) is 0 Å². The van der Waals surface area contributed by atoms with Crippen LogP contribution in [0.3, 0.4) is 0 Å². The van der Waals surface area contributed by atoms with Gasteiger partial charge in [0.05, 0.1) is 6.20 Å². The van der Waals surface area contributed by atoms with Crippen molar-refractivity contribution in [3.8, 4) is 5.75 Å². The summed E-state index contributed by atoms with van der Waals surface area (Å²) in [6.07, 6.45) is 3.37. The van der Waals surface area contributed by atoms with Gasteiger partial charge in [-0.05, 0) is 23.7 Å². The van der Waals surface area contributed by atoms with Crippen molar-refractivity contribution in [2.45, 2.75) is 6.61 Å². The summed E-state index contributed by atoms with van der Waals surface area (Å²) < 4.78 is 9.12. The molecular weight excluding hydrogens is 186 g/mol. The highest BCUT2D eigenvalue weighted by Crippen LogP contribution is 2.08. The minimum Gasteiger partial charge on any atom is -0.486 e. The van der Waals surface area contributed by atoms with Crippen LogP contribution < -0.4 is 4.74 Å². The van der Waals surface area contributed by atoms with Crippen molar-refractivity contribution in [3.05, 3.63) is 35.6 Å². The first-order valence-electron chi connectivity index (χ1n) is 3.74. The second-order valence-corrected chi connectivity index (χ2v) is 2.98. The van der Waals surface area contributed by atoms with Gasteiger partial charge in [-0.1, -0.05) is 4.49 Å². The number of pyridine rings is 1. The third kappa shape index (κ3) is 2.22. The highest BCUT2D eigenvalue weighted by molar-refractivity contribution is 7.03. The first-order valence-corrected chi connectivity index (χ1v) is 4.57. The normalized spacial score (nSPS) is 9.85. The first-order chi connectivity index (χ1) is 6.45. The Hall–Kier alpha value is -1.49. The Labute approximate surface area is 79.4 Å². The van der Waals surface area contributed by atoms with Crippen LogP contribution in [-0.4, -0.2) is 14.6 Å². The van der Waals surface area contributed by atoms with E-state index < -0.39 is 0 Å². The van der Waals surface area contributed by atoms with E-state index in [-0.39, 0.29) is 0 Å². The third-order valence-corrected chi connectivity index (χ3v) is 1.98. The van der Waals surface area contributed by atoms with Crippen molar-refractivity contribution in [1.82, 2.24) is 14.6 Å². The monoisotopic (exact) mass is 193 g/mol. The Balaban J connectivity index is 1.94. The van der Waals surface area contributed by atoms with Gasteiger partial charge in [0.15, 0.2) is 0 Å². The molecule has 5 heteroatoms. The fraction of sp³-hybridized carbons (Fsp3) is 0.125. The fourth-order valence-corrected chi connectivity index (χ4v) is 1.27. The Kier molecular flexibility index (Phi) is 2.47. The number of aromatic nitrogens is 3. The molecule has 0 aliphatic carbocycles. The maximum Gasteiger partial charge on any atom is 0.138 e. The summed E-state index contributed by atoms with van der Waals surface area (Å²) in [4.78, 5) is 3.93. The van der Waals surface area contributed by atoms with Crippen LogP contribution in [0.1, 0.15) is 5.69 Å². The average molecular weight is 193 g/mol. The molecule has 4 nitrogen and oxygen atoms in total. The Morgan fingerprint density at radius 2 is 2.46 bits per heavy atom. The summed E-state index contributed by atoms with van der Waals surface area (Å²) in [6, 6.07) is 3.68. The van der Waals surface area contributed by atoms with E-state index >= 15 is 0 Å². The Bertz CT molecular complexity index is 349. The molecule has 0 aliphatic heterocycles. The van der Waals surface area contributed by atoms with Crippen LogP contribution in [0.15, 0.2) is 29.9 Å². The Morgan fingerprint density at radius 1 is 1.46 bits per heavy atom. The van der Waals surface area contributed by atoms with Gasteiger partial charge in [-0.15, -0.1) is 5.10 Å². The third-order valence-electron chi connectivity index (χ3n) is 1.43. The lowest BCUT2D eigenvalue weighted by molar-refractivity contribution is 0.300. The molecule has 0 N–H and O–H groups in total. The standard InChI is InChI=1S/C8H7N3OS/c1-2-8(4-9-3-1)12-5-7-6-13-11-10-7/h1-4,6H,5H2. The maximum absolute atomic E-state index is 5.39. The zero-order valence-electron chi connectivity index (χ0n) is 6.75. The zero-order chi connectivity index (χ0) is 8.93. The van der Waals surface area contributed by atoms with E-state index in [9.17, 15) is 0 Å². The van der Waals surface area contributed by atoms with Gasteiger partial charge in [0.2, 0.25) is 0 Å². The molecule has 0 spiro atoms. The summed E-state index contributed by atoms with van der Waals surface area (Å²) in [6.45, 7) is 0.447. The summed E-state index contributed by atoms with van der Waals surface area (Å²) in [7, 11) is 0. The van der Waals surface area contributed by atoms with Crippen molar-refractivity contribution in [2.75, 3.05) is 0 Å². The van der Waals surface area contributed by atoms with Crippen LogP contribution in [0.5, 0.6) is 5.75 Å². The molecule has 0 amide bonds. The van der Waals surface area contributed by atoms with E-state index in [4.69, 9.17) is 4.74 Å². The van der Waals surface area contributed by atoms with Crippen molar-refractivity contribution in [1.29, 1.82) is 0 Å². The average Bonchev–Trinajstić information content (AvgIpc) is 2.69. The highest BCUT2D eigenvalue weighted by atomic mass is 32.1. The predicted molar refractivity (Wildman–Crippen MR) is 48.5 cm³/mol. The molecule has 2 rings (SSSR count). The van der Waals surface area contributed by atoms with Crippen LogP contribution in [0.4, 0.5) is 0 Å². The van der Waals surface area contributed by atoms with E-state index in [1.54, 1.807) is 12.4 Å². The second kappa shape index (κ2) is 3.95. The molecule has 66 valence electrons. The molecule has 0 fully saturated rings. The zero-order valence-corrected chi connectivity index (χ0v) is 7.57. The number of nitrogens with zero attached hydrogens (tertiary/aromatic N) is 3. The molecule has 0 unspecified atom stereocenters. The van der Waals surface area contributed by atoms with Gasteiger partial charge < -0.3 is 4.74 Å². The molecule has 2 aromatic rings. The molecule has 0 saturated heterocycles. The molecule has 0 bridgehead atoms. The minimum absolute atomic E-state index is 0.447. The maximum atomic E-state index is 5.39. The lowest BCUT2D eigenvalue weighted by atomic mass is 10.4. The summed E-state index contributed by atoms with van der Waals surface area (Å²) in [5.74, 6) is 0.746. The van der Waals surface area contributed by atoms with Gasteiger partial charge >= 0.3 is 0 Å². The molecule has 13 heavy (non-hydrogen) atoms. The lowest BCUT2D eigenvalue weighted by Gasteiger charge is -2.01. The van der Waals surface area contributed by atoms with Crippen LogP contribution in [0.25, 0.3) is 0 Å². The second-order valence-electron chi connectivity index (χ2n) is 2.37. The van der Waals surface area contributed by atoms with Crippen molar-refractivity contribution in [2.24, 2.45) is 0 Å². The number of ether oxygens (including phenoxy) is 1. The summed E-state index contributed by atoms with van der Waals surface area (Å²) in [5.41, 5.74) is 0.842. The van der Waals surface area contributed by atoms with Crippen LogP contribution in [0.2, 0.25) is 0 Å². The van der Waals surface area contributed by atoms with Gasteiger partial charge in [-0.25, -0.2) is 0 Å². The summed E-state index contributed by atoms with van der Waals surface area (Å²) >= 11 is 1.32. The van der Waals surface area contributed by atoms with Crippen molar-refractivity contribution >= 4 is 11.5 Å². The Morgan fingerprint density at radius 3 is 3.15 bits per heavy atom. The van der Waals surface area contributed by atoms with Gasteiger partial charge in [0.1, 0.15) is 18.1 Å². The lowest BCUT2D eigenvalue weighted by Crippen LogP contribution is -1.95. The SMILES string of the molecule is c1cncc(OCc2csnn2)c1. The predicted octanol–water partition coefficient (Wildman–Crippen LogP) is 1.51. The molecule has 2 heterocycles. The van der Waals surface area contributed by atoms with Gasteiger partial charge in [0, 0.05) is 11.6 Å². The molecule has 0 aliphatic rings. The molecule has 0 radical (unpaired) electrons. The molecule has 0 atom stereocenters. The molecule has 0 aromatic carbocycles. The van der Waals surface area contributed by atoms with E-state index in [0.29, 0.717) is 6.61 Å². The number of hydrogen-bond acceptors (Lipinski definition) is 5. The fourth-order valence-electron chi connectivity index (χ4n) is 0.837. The van der Waals surface area contributed by atoms with Crippen LogP contribution in [0, 0.1) is 0 Å². The smallest absolute Gasteiger partial charge is 0.138 e. The van der Waals surface area contributed by atoms with E-state index in [0.717, 1.165) is 11.4 Å². The largest absolute Gasteiger partial charge is 0.486 e. The van der Waals surface area contributed by atoms with E-state index in [1.807, 2.05) is 17.5 Å². The number of rotatable bonds is 3.